The molecule has 0 radical (unpaired) electrons. The van der Waals surface area contributed by atoms with Crippen molar-refractivity contribution < 1.29 is 37.0 Å². The highest BCUT2D eigenvalue weighted by Crippen LogP contribution is 2.35. The molecular weight excluding hydrogens is 579 g/mol. The van der Waals surface area contributed by atoms with Crippen molar-refractivity contribution in [3.05, 3.63) is 87.7 Å². The zero-order valence-corrected chi connectivity index (χ0v) is 24.5. The summed E-state index contributed by atoms with van der Waals surface area (Å²) in [6, 6.07) is 7.17. The van der Waals surface area contributed by atoms with Crippen LogP contribution in [0.1, 0.15) is 93.2 Å². The highest BCUT2D eigenvalue weighted by molar-refractivity contribution is 5.99. The van der Waals surface area contributed by atoms with Crippen molar-refractivity contribution in [2.45, 2.75) is 71.6 Å². The first-order chi connectivity index (χ1) is 20.8. The van der Waals surface area contributed by atoms with E-state index in [1.54, 1.807) is 39.0 Å². The second kappa shape index (κ2) is 12.1. The molecule has 0 fully saturated rings. The molecule has 10 nitrogen and oxygen atoms in total. The molecule has 0 aliphatic heterocycles. The fourth-order valence-corrected chi connectivity index (χ4v) is 5.20. The van der Waals surface area contributed by atoms with Crippen LogP contribution in [0.5, 0.6) is 5.88 Å². The minimum Gasteiger partial charge on any atom is -0.456 e. The number of alkyl halides is 2. The highest BCUT2D eigenvalue weighted by atomic mass is 19.3. The number of rotatable bonds is 9. The Kier molecular flexibility index (Phi) is 8.40. The van der Waals surface area contributed by atoms with Crippen molar-refractivity contribution in [1.29, 1.82) is 0 Å². The largest absolute Gasteiger partial charge is 0.456 e. The van der Waals surface area contributed by atoms with Crippen LogP contribution in [0.2, 0.25) is 0 Å². The topological polar surface area (TPSA) is 125 Å². The van der Waals surface area contributed by atoms with E-state index < -0.39 is 41.7 Å². The van der Waals surface area contributed by atoms with Gasteiger partial charge in [0.1, 0.15) is 17.0 Å². The molecule has 1 aliphatic carbocycles. The molecule has 1 aromatic carbocycles. The summed E-state index contributed by atoms with van der Waals surface area (Å²) < 4.78 is 50.5. The number of nitrogens with zero attached hydrogens (tertiary/aromatic N) is 4. The van der Waals surface area contributed by atoms with E-state index in [0.717, 1.165) is 27.4 Å². The van der Waals surface area contributed by atoms with Crippen LogP contribution in [0.4, 0.5) is 13.2 Å². The number of aryl methyl sites for hydroxylation is 1. The molecule has 5 rings (SSSR count). The van der Waals surface area contributed by atoms with E-state index in [1.165, 1.54) is 18.3 Å². The summed E-state index contributed by atoms with van der Waals surface area (Å²) in [6.45, 7) is 4.19. The van der Waals surface area contributed by atoms with E-state index in [0.29, 0.717) is 24.0 Å². The van der Waals surface area contributed by atoms with Gasteiger partial charge in [0.25, 0.3) is 5.91 Å². The second-order valence-electron chi connectivity index (χ2n) is 11.4. The average Bonchev–Trinajstić information content (AvgIpc) is 3.54. The van der Waals surface area contributed by atoms with Crippen molar-refractivity contribution in [2.24, 2.45) is 0 Å². The average molecular weight is 610 g/mol. The lowest BCUT2D eigenvalue weighted by Gasteiger charge is -2.21. The second-order valence-corrected chi connectivity index (χ2v) is 11.4. The number of carbonyl (C=O) groups is 3. The SMILES string of the molecule is Cc1c(C(=O)OC(C)(C)C)ccc2c1CC[C@@H]2NC(=O)c1cc(C(=O)CCc2ccnc(OC(F)F)c2)nc2c(F)cnn12. The summed E-state index contributed by atoms with van der Waals surface area (Å²) in [5.41, 5.74) is 2.38. The molecular formula is C31H30F3N5O5. The predicted octanol–water partition coefficient (Wildman–Crippen LogP) is 5.36. The molecule has 0 saturated heterocycles. The molecule has 230 valence electrons. The van der Waals surface area contributed by atoms with Crippen LogP contribution in [-0.4, -0.2) is 49.5 Å². The number of ether oxygens (including phenoxy) is 2. The first-order valence-corrected chi connectivity index (χ1v) is 13.9. The third kappa shape index (κ3) is 6.56. The molecule has 0 unspecified atom stereocenters. The van der Waals surface area contributed by atoms with E-state index in [4.69, 9.17) is 4.74 Å². The van der Waals surface area contributed by atoms with Gasteiger partial charge in [0.15, 0.2) is 17.2 Å². The lowest BCUT2D eigenvalue weighted by Crippen LogP contribution is -2.29. The van der Waals surface area contributed by atoms with Crippen LogP contribution in [-0.2, 0) is 17.6 Å². The van der Waals surface area contributed by atoms with Crippen LogP contribution in [0, 0.1) is 12.7 Å². The Morgan fingerprint density at radius 2 is 1.93 bits per heavy atom. The van der Waals surface area contributed by atoms with Gasteiger partial charge in [-0.1, -0.05) is 6.07 Å². The van der Waals surface area contributed by atoms with Crippen LogP contribution in [0.15, 0.2) is 42.7 Å². The number of carbonyl (C=O) groups excluding carboxylic acids is 3. The number of halogens is 3. The number of Topliss-reactive ketones (excluding diaryl/α,β-unsaturated/α-hetero) is 1. The molecule has 1 atom stereocenters. The van der Waals surface area contributed by atoms with E-state index in [-0.39, 0.29) is 35.8 Å². The fraction of sp³-hybridized carbons (Fsp3) is 0.355. The Morgan fingerprint density at radius 3 is 2.66 bits per heavy atom. The minimum atomic E-state index is -3.04. The van der Waals surface area contributed by atoms with Gasteiger partial charge in [-0.15, -0.1) is 0 Å². The lowest BCUT2D eigenvalue weighted by molar-refractivity contribution is -0.0529. The number of pyridine rings is 1. The Hall–Kier alpha value is -4.81. The Bertz CT molecular complexity index is 1770. The van der Waals surface area contributed by atoms with Crippen molar-refractivity contribution >= 4 is 23.3 Å². The zero-order chi connectivity index (χ0) is 31.8. The highest BCUT2D eigenvalue weighted by Gasteiger charge is 2.30. The van der Waals surface area contributed by atoms with Gasteiger partial charge in [-0.3, -0.25) is 9.59 Å². The van der Waals surface area contributed by atoms with Crippen LogP contribution >= 0.6 is 0 Å². The standard InChI is InChI=1S/C31H30F3N5O5/c1-16-18-8-9-22(20(18)7-6-19(16)29(42)44-31(2,3)4)38-28(41)24-14-23(37-27-21(32)15-36-39(24)27)25(40)10-5-17-11-12-35-26(13-17)43-30(33)34/h6-7,11-15,22,30H,5,8-10H2,1-4H3,(H,38,41)/t22-/m0/s1. The van der Waals surface area contributed by atoms with Crippen molar-refractivity contribution in [3.63, 3.8) is 0 Å². The molecule has 1 N–H and O–H groups in total. The van der Waals surface area contributed by atoms with Gasteiger partial charge in [0, 0.05) is 18.7 Å². The van der Waals surface area contributed by atoms with Gasteiger partial charge in [-0.25, -0.2) is 23.7 Å². The molecule has 3 aromatic heterocycles. The molecule has 4 aromatic rings. The maximum absolute atomic E-state index is 14.6. The number of hydrogen-bond donors (Lipinski definition) is 1. The summed E-state index contributed by atoms with van der Waals surface area (Å²) in [5.74, 6) is -2.60. The number of hydrogen-bond acceptors (Lipinski definition) is 8. The summed E-state index contributed by atoms with van der Waals surface area (Å²) in [6.07, 6.45) is 3.41. The smallest absolute Gasteiger partial charge is 0.388 e. The number of benzene rings is 1. The number of fused-ring (bicyclic) bond motifs is 2. The van der Waals surface area contributed by atoms with Crippen LogP contribution in [0.3, 0.4) is 0 Å². The van der Waals surface area contributed by atoms with Gasteiger partial charge in [-0.2, -0.15) is 13.9 Å². The normalized spacial score (nSPS) is 14.5. The summed E-state index contributed by atoms with van der Waals surface area (Å²) in [7, 11) is 0. The molecule has 0 saturated carbocycles. The van der Waals surface area contributed by atoms with E-state index in [9.17, 15) is 27.6 Å². The van der Waals surface area contributed by atoms with Crippen LogP contribution in [0.25, 0.3) is 5.65 Å². The third-order valence-electron chi connectivity index (χ3n) is 7.21. The van der Waals surface area contributed by atoms with Crippen molar-refractivity contribution in [3.8, 4) is 5.88 Å². The quantitative estimate of drug-likeness (QED) is 0.199. The zero-order valence-electron chi connectivity index (χ0n) is 24.5. The maximum Gasteiger partial charge on any atom is 0.388 e. The molecule has 1 amide bonds. The monoisotopic (exact) mass is 609 g/mol. The molecule has 3 heterocycles. The molecule has 0 spiro atoms. The van der Waals surface area contributed by atoms with Crippen molar-refractivity contribution in [2.75, 3.05) is 0 Å². The summed E-state index contributed by atoms with van der Waals surface area (Å²) >= 11 is 0. The summed E-state index contributed by atoms with van der Waals surface area (Å²) in [5, 5.41) is 6.89. The fourth-order valence-electron chi connectivity index (χ4n) is 5.20. The Morgan fingerprint density at radius 1 is 1.16 bits per heavy atom. The van der Waals surface area contributed by atoms with Gasteiger partial charge in [-0.05, 0) is 87.4 Å². The maximum atomic E-state index is 14.6. The summed E-state index contributed by atoms with van der Waals surface area (Å²) in [4.78, 5) is 47.2. The number of esters is 1. The predicted molar refractivity (Wildman–Crippen MR) is 151 cm³/mol. The first-order valence-electron chi connectivity index (χ1n) is 13.9. The number of nitrogens with one attached hydrogen (secondary N) is 1. The molecule has 44 heavy (non-hydrogen) atoms. The lowest BCUT2D eigenvalue weighted by atomic mass is 9.97. The third-order valence-corrected chi connectivity index (χ3v) is 7.21. The molecule has 1 aliphatic rings. The first kappa shape index (κ1) is 30.6. The van der Waals surface area contributed by atoms with E-state index in [1.807, 2.05) is 6.92 Å². The van der Waals surface area contributed by atoms with Gasteiger partial charge >= 0.3 is 12.6 Å². The van der Waals surface area contributed by atoms with Crippen molar-refractivity contribution in [1.82, 2.24) is 24.9 Å². The van der Waals surface area contributed by atoms with E-state index >= 15 is 0 Å². The Labute approximate surface area is 250 Å². The molecule has 13 heteroatoms. The number of amides is 1. The van der Waals surface area contributed by atoms with Gasteiger partial charge in [0.05, 0.1) is 17.8 Å². The molecule has 0 bridgehead atoms. The minimum absolute atomic E-state index is 0.0886. The number of ketones is 1. The van der Waals surface area contributed by atoms with Gasteiger partial charge in [0.2, 0.25) is 5.88 Å². The van der Waals surface area contributed by atoms with Gasteiger partial charge < -0.3 is 14.8 Å². The van der Waals surface area contributed by atoms with Crippen LogP contribution < -0.4 is 10.1 Å². The Balaban J connectivity index is 1.35. The van der Waals surface area contributed by atoms with E-state index in [2.05, 4.69) is 25.1 Å². The number of aromatic nitrogens is 4.